The van der Waals surface area contributed by atoms with Crippen LogP contribution in [0.1, 0.15) is 6.42 Å². The Kier molecular flexibility index (Phi) is 3.88. The van der Waals surface area contributed by atoms with Gasteiger partial charge in [0.2, 0.25) is 15.9 Å². The Labute approximate surface area is 112 Å². The number of rotatable bonds is 4. The lowest BCUT2D eigenvalue weighted by molar-refractivity contribution is -0.117. The maximum Gasteiger partial charge on any atom is 0.242 e. The van der Waals surface area contributed by atoms with Gasteiger partial charge in [0.25, 0.3) is 0 Å². The molecule has 2 rings (SSSR count). The van der Waals surface area contributed by atoms with Gasteiger partial charge < -0.3 is 10.6 Å². The minimum absolute atomic E-state index is 0.0813. The van der Waals surface area contributed by atoms with Gasteiger partial charge in [0.1, 0.15) is 4.90 Å². The SMILES string of the molecule is CNS(=O)(=O)c1ccccc1N1CC(CN)CC1=O. The molecule has 1 heterocycles. The van der Waals surface area contributed by atoms with E-state index in [-0.39, 0.29) is 16.7 Å². The number of nitrogens with zero attached hydrogens (tertiary/aromatic N) is 1. The standard InChI is InChI=1S/C12H17N3O3S/c1-14-19(17,18)11-5-3-2-4-10(11)15-8-9(7-13)6-12(15)16/h2-5,9,14H,6-8,13H2,1H3. The fourth-order valence-electron chi connectivity index (χ4n) is 2.19. The number of para-hydroxylation sites is 1. The van der Waals surface area contributed by atoms with Crippen molar-refractivity contribution in [3.63, 3.8) is 0 Å². The molecule has 1 aliphatic heterocycles. The zero-order valence-corrected chi connectivity index (χ0v) is 11.5. The predicted molar refractivity (Wildman–Crippen MR) is 72.2 cm³/mol. The zero-order valence-electron chi connectivity index (χ0n) is 10.7. The van der Waals surface area contributed by atoms with Gasteiger partial charge in [0.15, 0.2) is 0 Å². The van der Waals surface area contributed by atoms with E-state index in [0.29, 0.717) is 25.2 Å². The molecule has 1 fully saturated rings. The summed E-state index contributed by atoms with van der Waals surface area (Å²) in [6.45, 7) is 0.884. The average molecular weight is 283 g/mol. The lowest BCUT2D eigenvalue weighted by atomic mass is 10.1. The maximum atomic E-state index is 12.0. The van der Waals surface area contributed by atoms with Crippen LogP contribution in [0.25, 0.3) is 0 Å². The minimum Gasteiger partial charge on any atom is -0.330 e. The van der Waals surface area contributed by atoms with E-state index in [1.165, 1.54) is 18.0 Å². The van der Waals surface area contributed by atoms with Crippen molar-refractivity contribution in [1.82, 2.24) is 4.72 Å². The van der Waals surface area contributed by atoms with Crippen LogP contribution in [0.4, 0.5) is 5.69 Å². The van der Waals surface area contributed by atoms with Crippen molar-refractivity contribution in [2.45, 2.75) is 11.3 Å². The molecule has 0 spiro atoms. The third-order valence-corrected chi connectivity index (χ3v) is 4.71. The first kappa shape index (κ1) is 14.0. The highest BCUT2D eigenvalue weighted by Gasteiger charge is 2.32. The van der Waals surface area contributed by atoms with Crippen molar-refractivity contribution in [2.24, 2.45) is 11.7 Å². The first-order valence-electron chi connectivity index (χ1n) is 6.02. The highest BCUT2D eigenvalue weighted by atomic mass is 32.2. The van der Waals surface area contributed by atoms with Crippen LogP contribution in [0, 0.1) is 5.92 Å². The Morgan fingerprint density at radius 1 is 1.42 bits per heavy atom. The van der Waals surface area contributed by atoms with E-state index in [9.17, 15) is 13.2 Å². The monoisotopic (exact) mass is 283 g/mol. The fraction of sp³-hybridized carbons (Fsp3) is 0.417. The first-order valence-corrected chi connectivity index (χ1v) is 7.51. The van der Waals surface area contributed by atoms with Crippen molar-refractivity contribution >= 4 is 21.6 Å². The summed E-state index contributed by atoms with van der Waals surface area (Å²) in [5, 5.41) is 0. The number of carbonyl (C=O) groups is 1. The Morgan fingerprint density at radius 2 is 2.11 bits per heavy atom. The third kappa shape index (κ3) is 2.63. The van der Waals surface area contributed by atoms with Crippen molar-refractivity contribution in [3.05, 3.63) is 24.3 Å². The molecular formula is C12H17N3O3S. The smallest absolute Gasteiger partial charge is 0.242 e. The zero-order chi connectivity index (χ0) is 14.0. The lowest BCUT2D eigenvalue weighted by Crippen LogP contribution is -2.29. The van der Waals surface area contributed by atoms with Crippen molar-refractivity contribution in [3.8, 4) is 0 Å². The molecule has 6 nitrogen and oxygen atoms in total. The third-order valence-electron chi connectivity index (χ3n) is 3.25. The Morgan fingerprint density at radius 3 is 2.68 bits per heavy atom. The molecular weight excluding hydrogens is 266 g/mol. The van der Waals surface area contributed by atoms with Crippen LogP contribution in [0.15, 0.2) is 29.2 Å². The summed E-state index contributed by atoms with van der Waals surface area (Å²) < 4.78 is 26.2. The first-order chi connectivity index (χ1) is 8.99. The molecule has 1 aromatic rings. The number of nitrogens with one attached hydrogen (secondary N) is 1. The van der Waals surface area contributed by atoms with E-state index in [2.05, 4.69) is 4.72 Å². The largest absolute Gasteiger partial charge is 0.330 e. The predicted octanol–water partition coefficient (Wildman–Crippen LogP) is -0.0937. The fourth-order valence-corrected chi connectivity index (χ4v) is 3.12. The second kappa shape index (κ2) is 5.28. The van der Waals surface area contributed by atoms with E-state index < -0.39 is 10.0 Å². The molecule has 0 radical (unpaired) electrons. The van der Waals surface area contributed by atoms with Gasteiger partial charge in [-0.25, -0.2) is 13.1 Å². The quantitative estimate of drug-likeness (QED) is 0.807. The molecule has 0 aliphatic carbocycles. The molecule has 1 atom stereocenters. The Balaban J connectivity index is 2.44. The van der Waals surface area contributed by atoms with Gasteiger partial charge in [-0.3, -0.25) is 4.79 Å². The summed E-state index contributed by atoms with van der Waals surface area (Å²) in [4.78, 5) is 13.6. The Bertz CT molecular complexity index is 586. The van der Waals surface area contributed by atoms with Gasteiger partial charge in [-0.2, -0.15) is 0 Å². The van der Waals surface area contributed by atoms with Gasteiger partial charge in [-0.15, -0.1) is 0 Å². The van der Waals surface area contributed by atoms with Crippen molar-refractivity contribution in [1.29, 1.82) is 0 Å². The maximum absolute atomic E-state index is 12.0. The molecule has 1 saturated heterocycles. The van der Waals surface area contributed by atoms with Crippen LogP contribution in [0.3, 0.4) is 0 Å². The van der Waals surface area contributed by atoms with E-state index in [1.54, 1.807) is 18.2 Å². The van der Waals surface area contributed by atoms with Crippen molar-refractivity contribution < 1.29 is 13.2 Å². The molecule has 0 aromatic heterocycles. The number of anilines is 1. The molecule has 0 saturated carbocycles. The number of nitrogens with two attached hydrogens (primary N) is 1. The summed E-state index contributed by atoms with van der Waals surface area (Å²) in [6.07, 6.45) is 0.366. The molecule has 3 N–H and O–H groups in total. The number of benzene rings is 1. The summed E-state index contributed by atoms with van der Waals surface area (Å²) >= 11 is 0. The van der Waals surface area contributed by atoms with Crippen LogP contribution in [-0.2, 0) is 14.8 Å². The molecule has 1 amide bonds. The Hall–Kier alpha value is -1.44. The molecule has 1 aromatic carbocycles. The summed E-state index contributed by atoms with van der Waals surface area (Å²) in [5.41, 5.74) is 5.99. The van der Waals surface area contributed by atoms with Gasteiger partial charge in [-0.05, 0) is 31.6 Å². The van der Waals surface area contributed by atoms with E-state index in [1.807, 2.05) is 0 Å². The highest BCUT2D eigenvalue weighted by Crippen LogP contribution is 2.30. The van der Waals surface area contributed by atoms with E-state index in [4.69, 9.17) is 5.73 Å². The lowest BCUT2D eigenvalue weighted by Gasteiger charge is -2.19. The normalized spacial score (nSPS) is 20.0. The van der Waals surface area contributed by atoms with Gasteiger partial charge in [0.05, 0.1) is 5.69 Å². The highest BCUT2D eigenvalue weighted by molar-refractivity contribution is 7.89. The van der Waals surface area contributed by atoms with E-state index in [0.717, 1.165) is 0 Å². The van der Waals surface area contributed by atoms with Gasteiger partial charge in [0, 0.05) is 13.0 Å². The second-order valence-corrected chi connectivity index (χ2v) is 6.34. The van der Waals surface area contributed by atoms with Gasteiger partial charge in [-0.1, -0.05) is 12.1 Å². The van der Waals surface area contributed by atoms with Crippen LogP contribution >= 0.6 is 0 Å². The molecule has 104 valence electrons. The van der Waals surface area contributed by atoms with Crippen LogP contribution in [0.2, 0.25) is 0 Å². The number of hydrogen-bond donors (Lipinski definition) is 2. The summed E-state index contributed by atoms with van der Waals surface area (Å²) in [6, 6.07) is 6.48. The topological polar surface area (TPSA) is 92.5 Å². The molecule has 19 heavy (non-hydrogen) atoms. The summed E-state index contributed by atoms with van der Waals surface area (Å²) in [7, 11) is -2.24. The van der Waals surface area contributed by atoms with Crippen LogP contribution < -0.4 is 15.4 Å². The molecule has 0 bridgehead atoms. The average Bonchev–Trinajstić information content (AvgIpc) is 2.80. The van der Waals surface area contributed by atoms with Crippen LogP contribution in [0.5, 0.6) is 0 Å². The van der Waals surface area contributed by atoms with Gasteiger partial charge >= 0.3 is 0 Å². The number of amides is 1. The minimum atomic E-state index is -3.59. The molecule has 1 unspecified atom stereocenters. The summed E-state index contributed by atoms with van der Waals surface area (Å²) in [5.74, 6) is -0.00736. The number of sulfonamides is 1. The molecule has 7 heteroatoms. The van der Waals surface area contributed by atoms with Crippen molar-refractivity contribution in [2.75, 3.05) is 25.0 Å². The number of carbonyl (C=O) groups excluding carboxylic acids is 1. The van der Waals surface area contributed by atoms with E-state index >= 15 is 0 Å². The number of hydrogen-bond acceptors (Lipinski definition) is 4. The van der Waals surface area contributed by atoms with Crippen LogP contribution in [-0.4, -0.2) is 34.5 Å². The second-order valence-electron chi connectivity index (χ2n) is 4.49. The molecule has 1 aliphatic rings.